The van der Waals surface area contributed by atoms with Gasteiger partial charge in [0.25, 0.3) is 0 Å². The summed E-state index contributed by atoms with van der Waals surface area (Å²) >= 11 is 0. The maximum absolute atomic E-state index is 11.7. The molecule has 0 radical (unpaired) electrons. The van der Waals surface area contributed by atoms with Crippen molar-refractivity contribution in [3.05, 3.63) is 0 Å². The predicted octanol–water partition coefficient (Wildman–Crippen LogP) is -0.993. The van der Waals surface area contributed by atoms with Gasteiger partial charge in [-0.3, -0.25) is 9.59 Å². The Bertz CT molecular complexity index is 355. The Kier molecular flexibility index (Phi) is 7.84. The van der Waals surface area contributed by atoms with Gasteiger partial charge in [-0.25, -0.2) is 0 Å². The van der Waals surface area contributed by atoms with Gasteiger partial charge < -0.3 is 26.0 Å². The van der Waals surface area contributed by atoms with E-state index in [-0.39, 0.29) is 38.6 Å². The van der Waals surface area contributed by atoms with E-state index in [1.807, 2.05) is 0 Å². The van der Waals surface area contributed by atoms with Gasteiger partial charge in [-0.05, 0) is 5.41 Å². The summed E-state index contributed by atoms with van der Waals surface area (Å²) in [5.41, 5.74) is -1.40. The second-order valence-corrected chi connectivity index (χ2v) is 6.69. The lowest BCUT2D eigenvalue weighted by Crippen LogP contribution is -2.47. The van der Waals surface area contributed by atoms with Crippen LogP contribution in [0.5, 0.6) is 0 Å². The molecular formula is C14H28N2O5. The maximum atomic E-state index is 11.7. The van der Waals surface area contributed by atoms with Gasteiger partial charge >= 0.3 is 0 Å². The van der Waals surface area contributed by atoms with Crippen LogP contribution in [0.1, 0.15) is 34.1 Å². The fraction of sp³-hybridized carbons (Fsp3) is 0.857. The van der Waals surface area contributed by atoms with Gasteiger partial charge in [0.15, 0.2) is 0 Å². The highest BCUT2D eigenvalue weighted by Gasteiger charge is 2.32. The molecule has 0 rings (SSSR count). The number of aliphatic hydroxyl groups excluding tert-OH is 3. The van der Waals surface area contributed by atoms with Crippen molar-refractivity contribution in [3.8, 4) is 0 Å². The average molecular weight is 304 g/mol. The van der Waals surface area contributed by atoms with Crippen molar-refractivity contribution in [2.24, 2.45) is 10.8 Å². The summed E-state index contributed by atoms with van der Waals surface area (Å²) in [5, 5.41) is 33.0. The van der Waals surface area contributed by atoms with E-state index in [0.717, 1.165) is 0 Å². The first-order valence-electron chi connectivity index (χ1n) is 7.00. The molecule has 0 aromatic carbocycles. The number of carbonyl (C=O) groups is 2. The quantitative estimate of drug-likeness (QED) is 0.350. The summed E-state index contributed by atoms with van der Waals surface area (Å²) in [4.78, 5) is 23.2. The third-order valence-electron chi connectivity index (χ3n) is 3.21. The zero-order chi connectivity index (χ0) is 16.7. The highest BCUT2D eigenvalue weighted by molar-refractivity contribution is 5.81. The Balaban J connectivity index is 4.01. The first-order chi connectivity index (χ1) is 9.55. The molecule has 0 unspecified atom stereocenters. The minimum Gasteiger partial charge on any atom is -0.396 e. The number of carbonyl (C=O) groups excluding carboxylic acids is 2. The van der Waals surface area contributed by atoms with Crippen LogP contribution >= 0.6 is 0 Å². The topological polar surface area (TPSA) is 119 Å². The van der Waals surface area contributed by atoms with Crippen molar-refractivity contribution in [2.45, 2.75) is 40.2 Å². The van der Waals surface area contributed by atoms with Crippen LogP contribution in [0.4, 0.5) is 0 Å². The highest BCUT2D eigenvalue weighted by atomic mass is 16.3. The van der Waals surface area contributed by atoms with Crippen LogP contribution in [0, 0.1) is 10.8 Å². The molecule has 0 spiro atoms. The monoisotopic (exact) mass is 304 g/mol. The van der Waals surface area contributed by atoms with Crippen molar-refractivity contribution >= 4 is 11.8 Å². The lowest BCUT2D eigenvalue weighted by atomic mass is 9.87. The Hall–Kier alpha value is -1.18. The first kappa shape index (κ1) is 19.8. The summed E-state index contributed by atoms with van der Waals surface area (Å²) in [6.45, 7) is 6.74. The lowest BCUT2D eigenvalue weighted by Gasteiger charge is -2.27. The molecule has 0 saturated heterocycles. The molecule has 0 aliphatic heterocycles. The van der Waals surface area contributed by atoms with Gasteiger partial charge in [0, 0.05) is 31.5 Å². The van der Waals surface area contributed by atoms with Crippen LogP contribution in [-0.2, 0) is 9.59 Å². The summed E-state index contributed by atoms with van der Waals surface area (Å²) in [6, 6.07) is 0. The van der Waals surface area contributed by atoms with Gasteiger partial charge in [-0.2, -0.15) is 0 Å². The Morgan fingerprint density at radius 1 is 1.00 bits per heavy atom. The minimum absolute atomic E-state index is 0.0837. The summed E-state index contributed by atoms with van der Waals surface area (Å²) < 4.78 is 0. The fourth-order valence-electron chi connectivity index (χ4n) is 1.48. The number of hydrogen-bond acceptors (Lipinski definition) is 5. The third-order valence-corrected chi connectivity index (χ3v) is 3.21. The molecule has 0 heterocycles. The SMILES string of the molecule is CC(C)(CO)CC(=O)NCCNC(=O)[C@H](O)C(C)(C)CO. The van der Waals surface area contributed by atoms with Crippen molar-refractivity contribution in [3.63, 3.8) is 0 Å². The molecule has 0 bridgehead atoms. The van der Waals surface area contributed by atoms with E-state index >= 15 is 0 Å². The lowest BCUT2D eigenvalue weighted by molar-refractivity contribution is -0.137. The summed E-state index contributed by atoms with van der Waals surface area (Å²) in [6.07, 6.45) is -1.12. The third kappa shape index (κ3) is 7.40. The molecule has 0 aromatic rings. The highest BCUT2D eigenvalue weighted by Crippen LogP contribution is 2.19. The van der Waals surface area contributed by atoms with E-state index in [0.29, 0.717) is 0 Å². The van der Waals surface area contributed by atoms with Crippen LogP contribution in [0.2, 0.25) is 0 Å². The normalized spacial score (nSPS) is 13.7. The maximum Gasteiger partial charge on any atom is 0.249 e. The molecule has 1 atom stereocenters. The van der Waals surface area contributed by atoms with Gasteiger partial charge in [0.2, 0.25) is 11.8 Å². The van der Waals surface area contributed by atoms with Crippen LogP contribution < -0.4 is 10.6 Å². The van der Waals surface area contributed by atoms with Crippen molar-refractivity contribution in [1.82, 2.24) is 10.6 Å². The molecule has 21 heavy (non-hydrogen) atoms. The molecule has 7 nitrogen and oxygen atoms in total. The number of hydrogen-bond donors (Lipinski definition) is 5. The standard InChI is InChI=1S/C14H28N2O5/c1-13(2,8-17)7-10(19)15-5-6-16-12(21)11(20)14(3,4)9-18/h11,17-18,20H,5-9H2,1-4H3,(H,15,19)(H,16,21)/t11-/m0/s1. The second-order valence-electron chi connectivity index (χ2n) is 6.69. The van der Waals surface area contributed by atoms with E-state index in [9.17, 15) is 14.7 Å². The Morgan fingerprint density at radius 3 is 2.00 bits per heavy atom. The molecule has 2 amide bonds. The van der Waals surface area contributed by atoms with Crippen LogP contribution in [0.25, 0.3) is 0 Å². The number of nitrogens with one attached hydrogen (secondary N) is 2. The summed E-state index contributed by atoms with van der Waals surface area (Å²) in [5.74, 6) is -0.793. The van der Waals surface area contributed by atoms with Crippen LogP contribution in [0.3, 0.4) is 0 Å². The van der Waals surface area contributed by atoms with E-state index < -0.39 is 22.8 Å². The van der Waals surface area contributed by atoms with Crippen LogP contribution in [0.15, 0.2) is 0 Å². The number of aliphatic hydroxyl groups is 3. The Morgan fingerprint density at radius 2 is 1.52 bits per heavy atom. The van der Waals surface area contributed by atoms with Gasteiger partial charge in [0.05, 0.1) is 6.61 Å². The van der Waals surface area contributed by atoms with Gasteiger partial charge in [-0.1, -0.05) is 27.7 Å². The minimum atomic E-state index is -1.31. The molecule has 124 valence electrons. The van der Waals surface area contributed by atoms with E-state index in [1.54, 1.807) is 27.7 Å². The van der Waals surface area contributed by atoms with E-state index in [4.69, 9.17) is 10.2 Å². The van der Waals surface area contributed by atoms with Crippen molar-refractivity contribution in [1.29, 1.82) is 0 Å². The fourth-order valence-corrected chi connectivity index (χ4v) is 1.48. The predicted molar refractivity (Wildman–Crippen MR) is 78.4 cm³/mol. The molecule has 0 aromatic heterocycles. The molecular weight excluding hydrogens is 276 g/mol. The number of amides is 2. The molecule has 0 aliphatic rings. The van der Waals surface area contributed by atoms with Crippen LogP contribution in [-0.4, -0.2) is 59.5 Å². The van der Waals surface area contributed by atoms with Gasteiger partial charge in [0.1, 0.15) is 6.10 Å². The van der Waals surface area contributed by atoms with Crippen molar-refractivity contribution < 1.29 is 24.9 Å². The van der Waals surface area contributed by atoms with E-state index in [1.165, 1.54) is 0 Å². The number of rotatable bonds is 9. The molecule has 0 aliphatic carbocycles. The van der Waals surface area contributed by atoms with Crippen molar-refractivity contribution in [2.75, 3.05) is 26.3 Å². The molecule has 0 saturated carbocycles. The van der Waals surface area contributed by atoms with E-state index in [2.05, 4.69) is 10.6 Å². The van der Waals surface area contributed by atoms with Gasteiger partial charge in [-0.15, -0.1) is 0 Å². The second kappa shape index (κ2) is 8.31. The largest absolute Gasteiger partial charge is 0.396 e. The zero-order valence-corrected chi connectivity index (χ0v) is 13.3. The molecule has 7 heteroatoms. The first-order valence-corrected chi connectivity index (χ1v) is 7.00. The summed E-state index contributed by atoms with van der Waals surface area (Å²) in [7, 11) is 0. The zero-order valence-electron chi connectivity index (χ0n) is 13.3. The average Bonchev–Trinajstić information content (AvgIpc) is 2.41. The Labute approximate surface area is 125 Å². The molecule has 0 fully saturated rings. The smallest absolute Gasteiger partial charge is 0.249 e. The molecule has 5 N–H and O–H groups in total.